The molecule has 30 heavy (non-hydrogen) atoms. The molecule has 0 aromatic heterocycles. The second-order valence-electron chi connectivity index (χ2n) is 5.69. The summed E-state index contributed by atoms with van der Waals surface area (Å²) in [6.07, 6.45) is -0.475. The lowest BCUT2D eigenvalue weighted by Crippen LogP contribution is -2.27. The minimum absolute atomic E-state index is 0.115. The van der Waals surface area contributed by atoms with Gasteiger partial charge in [0.15, 0.2) is 0 Å². The predicted molar refractivity (Wildman–Crippen MR) is 105 cm³/mol. The van der Waals surface area contributed by atoms with Gasteiger partial charge in [-0.25, -0.2) is 4.57 Å². The van der Waals surface area contributed by atoms with Gasteiger partial charge in [0.25, 0.3) is 11.4 Å². The summed E-state index contributed by atoms with van der Waals surface area (Å²) in [5.41, 5.74) is -0.595. The van der Waals surface area contributed by atoms with Crippen LogP contribution < -0.4 is 14.4 Å². The molecule has 0 aliphatic heterocycles. The molecule has 0 spiro atoms. The van der Waals surface area contributed by atoms with Crippen LogP contribution in [0, 0.1) is 20.2 Å². The maximum atomic E-state index is 13.3. The third kappa shape index (κ3) is 6.83. The molecule has 2 aromatic carbocycles. The normalized spacial score (nSPS) is 10.8. The van der Waals surface area contributed by atoms with Crippen LogP contribution in [-0.4, -0.2) is 35.3 Å². The van der Waals surface area contributed by atoms with Gasteiger partial charge in [-0.05, 0) is 19.1 Å². The van der Waals surface area contributed by atoms with Gasteiger partial charge in [0.1, 0.15) is 17.8 Å². The molecule has 0 unspecified atom stereocenters. The number of carbonyl (C=O) groups excluding carboxylic acids is 1. The molecule has 0 bridgehead atoms. The number of carbonyl (C=O) groups is 1. The Morgan fingerprint density at radius 3 is 1.93 bits per heavy atom. The summed E-state index contributed by atoms with van der Waals surface area (Å²) in [4.78, 5) is 32.1. The van der Waals surface area contributed by atoms with E-state index in [0.29, 0.717) is 0 Å². The first kappa shape index (κ1) is 22.8. The number of hydrogen-bond donors (Lipinski definition) is 1. The summed E-state index contributed by atoms with van der Waals surface area (Å²) in [5.74, 6) is -0.832. The molecule has 0 saturated heterocycles. The van der Waals surface area contributed by atoms with Crippen molar-refractivity contribution in [1.82, 2.24) is 5.32 Å². The van der Waals surface area contributed by atoms with Crippen LogP contribution in [0.3, 0.4) is 0 Å². The summed E-state index contributed by atoms with van der Waals surface area (Å²) in [5, 5.41) is 24.5. The Bertz CT molecular complexity index is 919. The molecule has 0 fully saturated rings. The molecule has 0 radical (unpaired) electrons. The minimum Gasteiger partial charge on any atom is -0.465 e. The number of esters is 1. The summed E-state index contributed by atoms with van der Waals surface area (Å²) in [6.45, 7) is 1.49. The molecular formula is C17H18N3O9P. The highest BCUT2D eigenvalue weighted by atomic mass is 31.2. The van der Waals surface area contributed by atoms with Gasteiger partial charge < -0.3 is 13.8 Å². The largest absolute Gasteiger partial charge is 0.465 e. The zero-order valence-electron chi connectivity index (χ0n) is 15.8. The average Bonchev–Trinajstić information content (AvgIpc) is 2.68. The predicted octanol–water partition coefficient (Wildman–Crippen LogP) is 3.26. The molecule has 12 nitrogen and oxygen atoms in total. The summed E-state index contributed by atoms with van der Waals surface area (Å²) in [6, 6.07) is 9.87. The second-order valence-corrected chi connectivity index (χ2v) is 7.60. The van der Waals surface area contributed by atoms with Crippen molar-refractivity contribution in [3.8, 4) is 11.5 Å². The highest BCUT2D eigenvalue weighted by molar-refractivity contribution is 7.54. The second kappa shape index (κ2) is 10.3. The number of rotatable bonds is 11. The first-order valence-electron chi connectivity index (χ1n) is 8.56. The van der Waals surface area contributed by atoms with Crippen LogP contribution in [0.5, 0.6) is 11.5 Å². The zero-order valence-corrected chi connectivity index (χ0v) is 16.7. The molecule has 13 heteroatoms. The number of benzene rings is 2. The van der Waals surface area contributed by atoms with Gasteiger partial charge in [0.05, 0.1) is 35.1 Å². The van der Waals surface area contributed by atoms with Crippen molar-refractivity contribution in [3.05, 3.63) is 68.8 Å². The Kier molecular flexibility index (Phi) is 7.84. The van der Waals surface area contributed by atoms with E-state index in [1.54, 1.807) is 6.92 Å². The Hall–Kier alpha value is -3.50. The number of ether oxygens (including phenoxy) is 1. The fourth-order valence-electron chi connectivity index (χ4n) is 2.22. The molecule has 160 valence electrons. The van der Waals surface area contributed by atoms with Gasteiger partial charge in [-0.3, -0.25) is 30.3 Å². The van der Waals surface area contributed by atoms with Crippen molar-refractivity contribution < 1.29 is 33.0 Å². The molecule has 0 aliphatic rings. The highest BCUT2D eigenvalue weighted by Crippen LogP contribution is 2.48. The van der Waals surface area contributed by atoms with Crippen molar-refractivity contribution in [2.24, 2.45) is 0 Å². The van der Waals surface area contributed by atoms with Crippen LogP contribution in [0.1, 0.15) is 6.92 Å². The average molecular weight is 439 g/mol. The maximum Gasteiger partial charge on any atom is 0.444 e. The molecule has 2 rings (SSSR count). The van der Waals surface area contributed by atoms with Gasteiger partial charge >= 0.3 is 13.6 Å². The Labute approximate surface area is 170 Å². The lowest BCUT2D eigenvalue weighted by Gasteiger charge is -2.20. The van der Waals surface area contributed by atoms with Crippen LogP contribution in [0.15, 0.2) is 48.5 Å². The maximum absolute atomic E-state index is 13.3. The Balaban J connectivity index is 2.25. The van der Waals surface area contributed by atoms with Gasteiger partial charge in [0.2, 0.25) is 0 Å². The highest BCUT2D eigenvalue weighted by Gasteiger charge is 2.29. The van der Waals surface area contributed by atoms with E-state index in [9.17, 15) is 29.6 Å². The van der Waals surface area contributed by atoms with Crippen molar-refractivity contribution in [2.45, 2.75) is 6.92 Å². The van der Waals surface area contributed by atoms with Crippen molar-refractivity contribution in [1.29, 1.82) is 0 Å². The molecule has 0 saturated carbocycles. The SMILES string of the molecule is CCOC(=O)CNCP(=O)(Oc1cccc([N+](=O)[O-])c1)Oc1cccc([N+](=O)[O-])c1. The van der Waals surface area contributed by atoms with Gasteiger partial charge in [-0.15, -0.1) is 0 Å². The monoisotopic (exact) mass is 439 g/mol. The molecule has 0 atom stereocenters. The van der Waals surface area contributed by atoms with Crippen molar-refractivity contribution >= 4 is 24.9 Å². The van der Waals surface area contributed by atoms with Crippen molar-refractivity contribution in [3.63, 3.8) is 0 Å². The smallest absolute Gasteiger partial charge is 0.444 e. The van der Waals surface area contributed by atoms with Crippen LogP contribution in [0.2, 0.25) is 0 Å². The lowest BCUT2D eigenvalue weighted by atomic mass is 10.3. The quantitative estimate of drug-likeness (QED) is 0.238. The lowest BCUT2D eigenvalue weighted by molar-refractivity contribution is -0.385. The first-order valence-corrected chi connectivity index (χ1v) is 10.3. The molecular weight excluding hydrogens is 421 g/mol. The third-order valence-corrected chi connectivity index (χ3v) is 5.01. The van der Waals surface area contributed by atoms with Gasteiger partial charge in [-0.1, -0.05) is 12.1 Å². The third-order valence-electron chi connectivity index (χ3n) is 3.43. The molecule has 0 aliphatic carbocycles. The standard InChI is InChI=1S/C17H18N3O9P/c1-2-27-17(21)11-18-12-30(26,28-15-7-3-5-13(9-15)19(22)23)29-16-8-4-6-14(10-16)20(24)25/h3-10,18H,2,11-12H2,1H3. The van der Waals surface area contributed by atoms with Crippen LogP contribution in [0.4, 0.5) is 11.4 Å². The molecule has 2 aromatic rings. The Morgan fingerprint density at radius 1 is 1.00 bits per heavy atom. The topological polar surface area (TPSA) is 160 Å². The fourth-order valence-corrected chi connectivity index (χ4v) is 3.64. The van der Waals surface area contributed by atoms with E-state index in [4.69, 9.17) is 13.8 Å². The summed E-state index contributed by atoms with van der Waals surface area (Å²) >= 11 is 0. The molecule has 0 amide bonds. The number of nitro benzene ring substituents is 2. The number of nitrogens with zero attached hydrogens (tertiary/aromatic N) is 2. The summed E-state index contributed by atoms with van der Waals surface area (Å²) < 4.78 is 28.8. The molecule has 0 heterocycles. The van der Waals surface area contributed by atoms with Crippen LogP contribution in [-0.2, 0) is 14.1 Å². The van der Waals surface area contributed by atoms with Gasteiger partial charge in [0, 0.05) is 12.1 Å². The number of non-ortho nitro benzene ring substituents is 2. The van der Waals surface area contributed by atoms with Crippen LogP contribution in [0.25, 0.3) is 0 Å². The van der Waals surface area contributed by atoms with E-state index < -0.39 is 29.7 Å². The Morgan fingerprint density at radius 2 is 1.50 bits per heavy atom. The number of nitro groups is 2. The van der Waals surface area contributed by atoms with E-state index in [1.165, 1.54) is 36.4 Å². The summed E-state index contributed by atoms with van der Waals surface area (Å²) in [7, 11) is -4.10. The van der Waals surface area contributed by atoms with E-state index in [0.717, 1.165) is 12.1 Å². The van der Waals surface area contributed by atoms with Crippen molar-refractivity contribution in [2.75, 3.05) is 19.4 Å². The zero-order chi connectivity index (χ0) is 22.1. The fraction of sp³-hybridized carbons (Fsp3) is 0.235. The van der Waals surface area contributed by atoms with Gasteiger partial charge in [-0.2, -0.15) is 0 Å². The van der Waals surface area contributed by atoms with E-state index in [2.05, 4.69) is 5.32 Å². The molecule has 1 N–H and O–H groups in total. The number of hydrogen-bond acceptors (Lipinski definition) is 10. The van der Waals surface area contributed by atoms with E-state index in [-0.39, 0.29) is 36.0 Å². The minimum atomic E-state index is -4.10. The van der Waals surface area contributed by atoms with E-state index in [1.807, 2.05) is 0 Å². The number of nitrogens with one attached hydrogen (secondary N) is 1. The first-order chi connectivity index (χ1) is 14.2. The van der Waals surface area contributed by atoms with E-state index >= 15 is 0 Å². The van der Waals surface area contributed by atoms with Crippen LogP contribution >= 0.6 is 7.60 Å².